The first-order valence-corrected chi connectivity index (χ1v) is 12.9. The van der Waals surface area contributed by atoms with E-state index in [0.717, 1.165) is 17.5 Å². The number of hydrogen-bond donors (Lipinski definition) is 1. The number of hydrogen-bond acceptors (Lipinski definition) is 2. The van der Waals surface area contributed by atoms with Crippen LogP contribution in [0.5, 0.6) is 5.75 Å². The molecule has 0 spiro atoms. The molecule has 4 aromatic rings. The minimum atomic E-state index is -0.160. The molecular weight excluding hydrogens is 432 g/mol. The minimum Gasteiger partial charge on any atom is -0.507 e. The first-order valence-electron chi connectivity index (χ1n) is 12.1. The fraction of sp³-hybridized carbons (Fsp3) is 0.312. The largest absolute Gasteiger partial charge is 0.507 e. The molecule has 0 aliphatic rings. The molecule has 1 nitrogen and oxygen atoms in total. The summed E-state index contributed by atoms with van der Waals surface area (Å²) in [6, 6.07) is 26.2. The Morgan fingerprint density at radius 3 is 2.06 bits per heavy atom. The molecule has 0 aliphatic heterocycles. The Labute approximate surface area is 209 Å². The van der Waals surface area contributed by atoms with Crippen LogP contribution in [-0.2, 0) is 17.3 Å². The normalized spacial score (nSPS) is 12.3. The van der Waals surface area contributed by atoms with Gasteiger partial charge in [-0.3, -0.25) is 0 Å². The lowest BCUT2D eigenvalue weighted by molar-refractivity contribution is 0.418. The fourth-order valence-electron chi connectivity index (χ4n) is 4.65. The van der Waals surface area contributed by atoms with E-state index >= 15 is 0 Å². The summed E-state index contributed by atoms with van der Waals surface area (Å²) in [6.07, 6.45) is 0.916. The molecule has 0 heterocycles. The Morgan fingerprint density at radius 2 is 1.41 bits per heavy atom. The maximum Gasteiger partial charge on any atom is 0.124 e. The van der Waals surface area contributed by atoms with E-state index in [1.54, 1.807) is 11.8 Å². The van der Waals surface area contributed by atoms with E-state index in [1.807, 2.05) is 0 Å². The molecule has 34 heavy (non-hydrogen) atoms. The summed E-state index contributed by atoms with van der Waals surface area (Å²) in [4.78, 5) is 2.36. The first-order chi connectivity index (χ1) is 15.9. The molecule has 0 radical (unpaired) electrons. The van der Waals surface area contributed by atoms with Crippen LogP contribution in [0.2, 0.25) is 0 Å². The number of rotatable bonds is 4. The second-order valence-electron chi connectivity index (χ2n) is 11.4. The zero-order chi connectivity index (χ0) is 24.7. The standard InChI is InChI=1S/C32H36OS/c1-21-19-27(31(2,3)4)29(33)28(32(5,6)7)30(21)34-25-17-15-22(16-18-25)20-24-13-10-12-23-11-8-9-14-26(23)24/h8-19,33H,20H2,1-7H3. The monoisotopic (exact) mass is 468 g/mol. The van der Waals surface area contributed by atoms with E-state index in [0.29, 0.717) is 5.75 Å². The van der Waals surface area contributed by atoms with Gasteiger partial charge in [0.25, 0.3) is 0 Å². The van der Waals surface area contributed by atoms with Crippen LogP contribution in [-0.4, -0.2) is 5.11 Å². The van der Waals surface area contributed by atoms with Gasteiger partial charge in [0, 0.05) is 15.4 Å². The predicted molar refractivity (Wildman–Crippen MR) is 148 cm³/mol. The zero-order valence-electron chi connectivity index (χ0n) is 21.5. The molecular formula is C32H36OS. The molecule has 0 fully saturated rings. The topological polar surface area (TPSA) is 20.2 Å². The van der Waals surface area contributed by atoms with Gasteiger partial charge in [0.05, 0.1) is 0 Å². The third-order valence-electron chi connectivity index (χ3n) is 6.41. The van der Waals surface area contributed by atoms with Gasteiger partial charge >= 0.3 is 0 Å². The van der Waals surface area contributed by atoms with Gasteiger partial charge in [-0.2, -0.15) is 0 Å². The summed E-state index contributed by atoms with van der Waals surface area (Å²) in [6.45, 7) is 15.2. The van der Waals surface area contributed by atoms with Gasteiger partial charge in [-0.25, -0.2) is 0 Å². The lowest BCUT2D eigenvalue weighted by Gasteiger charge is -2.30. The van der Waals surface area contributed by atoms with Crippen LogP contribution in [0.4, 0.5) is 0 Å². The highest BCUT2D eigenvalue weighted by molar-refractivity contribution is 7.99. The highest BCUT2D eigenvalue weighted by atomic mass is 32.2. The van der Waals surface area contributed by atoms with Crippen LogP contribution in [0.3, 0.4) is 0 Å². The van der Waals surface area contributed by atoms with Crippen molar-refractivity contribution in [3.8, 4) is 5.75 Å². The summed E-state index contributed by atoms with van der Waals surface area (Å²) in [7, 11) is 0. The van der Waals surface area contributed by atoms with E-state index in [4.69, 9.17) is 0 Å². The van der Waals surface area contributed by atoms with Gasteiger partial charge in [-0.15, -0.1) is 0 Å². The van der Waals surface area contributed by atoms with Crippen molar-refractivity contribution in [3.05, 3.63) is 101 Å². The average molecular weight is 469 g/mol. The third kappa shape index (κ3) is 5.03. The minimum absolute atomic E-state index is 0.110. The molecule has 2 heteroatoms. The molecule has 4 rings (SSSR count). The third-order valence-corrected chi connectivity index (χ3v) is 7.65. The summed E-state index contributed by atoms with van der Waals surface area (Å²) in [5, 5.41) is 13.9. The SMILES string of the molecule is Cc1cc(C(C)(C)C)c(O)c(C(C)(C)C)c1Sc1ccc(Cc2cccc3ccccc23)cc1. The predicted octanol–water partition coefficient (Wildman–Crippen LogP) is 9.19. The quantitative estimate of drug-likeness (QED) is 0.322. The second-order valence-corrected chi connectivity index (χ2v) is 12.4. The van der Waals surface area contributed by atoms with Crippen LogP contribution in [0.25, 0.3) is 10.8 Å². The van der Waals surface area contributed by atoms with Crippen molar-refractivity contribution in [2.24, 2.45) is 0 Å². The van der Waals surface area contributed by atoms with Crippen molar-refractivity contribution in [1.29, 1.82) is 0 Å². The molecule has 176 valence electrons. The van der Waals surface area contributed by atoms with Gasteiger partial charge in [0.15, 0.2) is 0 Å². The molecule has 0 amide bonds. The van der Waals surface area contributed by atoms with Gasteiger partial charge in [0.2, 0.25) is 0 Å². The Kier molecular flexibility index (Phi) is 6.57. The highest BCUT2D eigenvalue weighted by Gasteiger charge is 2.30. The van der Waals surface area contributed by atoms with Crippen LogP contribution in [0.1, 0.15) is 69.4 Å². The Balaban J connectivity index is 1.65. The summed E-state index contributed by atoms with van der Waals surface area (Å²) < 4.78 is 0. The van der Waals surface area contributed by atoms with Gasteiger partial charge in [-0.1, -0.05) is 114 Å². The number of phenolic OH excluding ortho intramolecular Hbond substituents is 1. The molecule has 0 saturated carbocycles. The Hall–Kier alpha value is -2.71. The summed E-state index contributed by atoms with van der Waals surface area (Å²) in [5.41, 5.74) is 5.67. The van der Waals surface area contributed by atoms with Crippen molar-refractivity contribution in [2.75, 3.05) is 0 Å². The highest BCUT2D eigenvalue weighted by Crippen LogP contribution is 2.47. The first kappa shape index (κ1) is 24.4. The van der Waals surface area contributed by atoms with Crippen LogP contribution < -0.4 is 0 Å². The summed E-state index contributed by atoms with van der Waals surface area (Å²) >= 11 is 1.76. The summed E-state index contributed by atoms with van der Waals surface area (Å²) in [5.74, 6) is 0.445. The van der Waals surface area contributed by atoms with Gasteiger partial charge in [0.1, 0.15) is 5.75 Å². The van der Waals surface area contributed by atoms with Crippen molar-refractivity contribution >= 4 is 22.5 Å². The molecule has 0 bridgehead atoms. The van der Waals surface area contributed by atoms with Crippen molar-refractivity contribution in [2.45, 2.75) is 75.5 Å². The van der Waals surface area contributed by atoms with E-state index in [-0.39, 0.29) is 10.8 Å². The average Bonchev–Trinajstić information content (AvgIpc) is 2.76. The Bertz CT molecular complexity index is 1310. The number of phenols is 1. The van der Waals surface area contributed by atoms with Crippen molar-refractivity contribution in [3.63, 3.8) is 0 Å². The van der Waals surface area contributed by atoms with Crippen molar-refractivity contribution in [1.82, 2.24) is 0 Å². The molecule has 1 N–H and O–H groups in total. The van der Waals surface area contributed by atoms with E-state index in [2.05, 4.69) is 121 Å². The number of benzene rings is 4. The maximum atomic E-state index is 11.3. The smallest absolute Gasteiger partial charge is 0.124 e. The Morgan fingerprint density at radius 1 is 0.765 bits per heavy atom. The number of aromatic hydroxyl groups is 1. The fourth-order valence-corrected chi connectivity index (χ4v) is 5.88. The lowest BCUT2D eigenvalue weighted by Crippen LogP contribution is -2.19. The second kappa shape index (κ2) is 9.15. The molecule has 0 aromatic heterocycles. The number of aryl methyl sites for hydroxylation is 1. The maximum absolute atomic E-state index is 11.3. The molecule has 0 atom stereocenters. The van der Waals surface area contributed by atoms with Crippen LogP contribution >= 0.6 is 11.8 Å². The van der Waals surface area contributed by atoms with Gasteiger partial charge < -0.3 is 5.11 Å². The van der Waals surface area contributed by atoms with Gasteiger partial charge in [-0.05, 0) is 69.3 Å². The van der Waals surface area contributed by atoms with Crippen LogP contribution in [0.15, 0.2) is 82.6 Å². The molecule has 0 aliphatic carbocycles. The molecule has 4 aromatic carbocycles. The molecule has 0 saturated heterocycles. The lowest BCUT2D eigenvalue weighted by atomic mass is 9.78. The van der Waals surface area contributed by atoms with E-state index < -0.39 is 0 Å². The van der Waals surface area contributed by atoms with Crippen molar-refractivity contribution < 1.29 is 5.11 Å². The molecule has 0 unspecified atom stereocenters. The zero-order valence-corrected chi connectivity index (χ0v) is 22.3. The van der Waals surface area contributed by atoms with E-state index in [9.17, 15) is 5.11 Å². The van der Waals surface area contributed by atoms with Crippen LogP contribution in [0, 0.1) is 6.92 Å². The van der Waals surface area contributed by atoms with E-state index in [1.165, 1.54) is 37.3 Å². The number of fused-ring (bicyclic) bond motifs is 1.